The Morgan fingerprint density at radius 3 is 1.90 bits per heavy atom. The van der Waals surface area contributed by atoms with Gasteiger partial charge in [0.05, 0.1) is 26.4 Å². The molecule has 2 fully saturated rings. The zero-order valence-corrected chi connectivity index (χ0v) is 30.7. The van der Waals surface area contributed by atoms with Gasteiger partial charge in [-0.3, -0.25) is 14.6 Å². The molecular formula is C42H60N4O4. The molecule has 0 saturated carbocycles. The van der Waals surface area contributed by atoms with Crippen LogP contribution in [0.5, 0.6) is 11.5 Å². The van der Waals surface area contributed by atoms with Gasteiger partial charge in [0.15, 0.2) is 0 Å². The SMILES string of the molecule is COCCN(CCCCCCCN1CC[C@@H](C(C(N)=O)(c2ccccc2)c2ccccc2)C1)C1CCN(Cc2c(OC)cccc2OC)CC1. The smallest absolute Gasteiger partial charge is 0.232 e. The minimum Gasteiger partial charge on any atom is -0.496 e. The van der Waals surface area contributed by atoms with Crippen LogP contribution in [0.3, 0.4) is 0 Å². The number of hydrogen-bond donors (Lipinski definition) is 1. The Labute approximate surface area is 300 Å². The molecule has 5 rings (SSSR count). The molecule has 0 aliphatic carbocycles. The Morgan fingerprint density at radius 2 is 1.32 bits per heavy atom. The summed E-state index contributed by atoms with van der Waals surface area (Å²) < 4.78 is 16.8. The van der Waals surface area contributed by atoms with E-state index in [1.807, 2.05) is 54.6 Å². The highest BCUT2D eigenvalue weighted by Crippen LogP contribution is 2.43. The summed E-state index contributed by atoms with van der Waals surface area (Å²) in [6.07, 6.45) is 9.48. The summed E-state index contributed by atoms with van der Waals surface area (Å²) in [5, 5.41) is 0. The highest BCUT2D eigenvalue weighted by molar-refractivity contribution is 5.91. The number of nitrogens with two attached hydrogens (primary N) is 1. The maximum atomic E-state index is 13.4. The van der Waals surface area contributed by atoms with Crippen molar-refractivity contribution >= 4 is 5.91 Å². The lowest BCUT2D eigenvalue weighted by molar-refractivity contribution is -0.123. The summed E-state index contributed by atoms with van der Waals surface area (Å²) in [4.78, 5) is 21.2. The van der Waals surface area contributed by atoms with Crippen LogP contribution in [-0.2, 0) is 21.5 Å². The largest absolute Gasteiger partial charge is 0.496 e. The molecule has 50 heavy (non-hydrogen) atoms. The lowest BCUT2D eigenvalue weighted by atomic mass is 9.64. The lowest BCUT2D eigenvalue weighted by Gasteiger charge is -2.39. The van der Waals surface area contributed by atoms with Crippen molar-refractivity contribution in [1.82, 2.24) is 14.7 Å². The van der Waals surface area contributed by atoms with Crippen LogP contribution in [0.25, 0.3) is 0 Å². The number of benzene rings is 3. The number of piperidine rings is 1. The van der Waals surface area contributed by atoms with Gasteiger partial charge >= 0.3 is 0 Å². The first-order chi connectivity index (χ1) is 24.5. The van der Waals surface area contributed by atoms with Gasteiger partial charge in [-0.25, -0.2) is 0 Å². The van der Waals surface area contributed by atoms with Crippen molar-refractivity contribution < 1.29 is 19.0 Å². The van der Waals surface area contributed by atoms with Crippen LogP contribution in [0, 0.1) is 5.92 Å². The minimum absolute atomic E-state index is 0.152. The van der Waals surface area contributed by atoms with Crippen molar-refractivity contribution in [2.45, 2.75) is 69.4 Å². The molecule has 3 aromatic carbocycles. The van der Waals surface area contributed by atoms with Gasteiger partial charge in [0, 0.05) is 32.8 Å². The van der Waals surface area contributed by atoms with Crippen LogP contribution in [0.1, 0.15) is 68.1 Å². The van der Waals surface area contributed by atoms with Gasteiger partial charge in [0.1, 0.15) is 16.9 Å². The van der Waals surface area contributed by atoms with E-state index in [9.17, 15) is 4.79 Å². The van der Waals surface area contributed by atoms with Crippen molar-refractivity contribution in [3.63, 3.8) is 0 Å². The average molecular weight is 685 g/mol. The highest BCUT2D eigenvalue weighted by atomic mass is 16.5. The number of hydrogen-bond acceptors (Lipinski definition) is 7. The van der Waals surface area contributed by atoms with Gasteiger partial charge in [-0.1, -0.05) is 86.0 Å². The number of carbonyl (C=O) groups excluding carboxylic acids is 1. The fraction of sp³-hybridized carbons (Fsp3) is 0.548. The monoisotopic (exact) mass is 684 g/mol. The van der Waals surface area contributed by atoms with E-state index < -0.39 is 5.41 Å². The molecule has 1 atom stereocenters. The Kier molecular flexibility index (Phi) is 14.6. The topological polar surface area (TPSA) is 80.5 Å². The number of methoxy groups -OCH3 is 3. The van der Waals surface area contributed by atoms with E-state index in [-0.39, 0.29) is 11.8 Å². The van der Waals surface area contributed by atoms with E-state index in [4.69, 9.17) is 19.9 Å². The van der Waals surface area contributed by atoms with Crippen molar-refractivity contribution in [1.29, 1.82) is 0 Å². The number of nitrogens with zero attached hydrogens (tertiary/aromatic N) is 3. The number of amides is 1. The molecule has 0 radical (unpaired) electrons. The van der Waals surface area contributed by atoms with Crippen molar-refractivity contribution in [3.05, 3.63) is 95.6 Å². The Bertz CT molecular complexity index is 1370. The zero-order chi connectivity index (χ0) is 35.2. The first-order valence-corrected chi connectivity index (χ1v) is 18.8. The molecule has 1 amide bonds. The van der Waals surface area contributed by atoms with Crippen molar-refractivity contribution in [3.8, 4) is 11.5 Å². The molecule has 2 aliphatic rings. The van der Waals surface area contributed by atoms with Gasteiger partial charge in [-0.15, -0.1) is 0 Å². The normalized spacial score (nSPS) is 17.7. The maximum Gasteiger partial charge on any atom is 0.232 e. The van der Waals surface area contributed by atoms with E-state index in [0.717, 1.165) is 93.6 Å². The maximum absolute atomic E-state index is 13.4. The third-order valence-electron chi connectivity index (χ3n) is 11.2. The molecule has 2 saturated heterocycles. The van der Waals surface area contributed by atoms with E-state index in [1.54, 1.807) is 21.3 Å². The van der Waals surface area contributed by atoms with Gasteiger partial charge in [-0.05, 0) is 94.0 Å². The fourth-order valence-electron chi connectivity index (χ4n) is 8.53. The first-order valence-electron chi connectivity index (χ1n) is 18.8. The molecule has 0 spiro atoms. The second-order valence-electron chi connectivity index (χ2n) is 14.1. The molecule has 272 valence electrons. The zero-order valence-electron chi connectivity index (χ0n) is 30.7. The number of likely N-dealkylation sites (tertiary alicyclic amines) is 2. The molecule has 8 nitrogen and oxygen atoms in total. The standard InChI is InChI=1S/C42H60N4O4/c1-48-31-30-46(37-23-28-45(29-24-37)33-38-39(49-2)20-15-21-40(38)50-3)26-14-6-4-5-13-25-44-27-22-36(32-44)42(41(43)47,34-16-9-7-10-17-34)35-18-11-8-12-19-35/h7-12,15-21,36-37H,4-6,13-14,22-33H2,1-3H3,(H2,43,47)/t36-/m1/s1. The first kappa shape index (κ1) is 37.8. The molecule has 2 aliphatic heterocycles. The van der Waals surface area contributed by atoms with E-state index in [0.29, 0.717) is 6.04 Å². The number of rotatable bonds is 20. The van der Waals surface area contributed by atoms with Crippen LogP contribution in [0.4, 0.5) is 0 Å². The summed E-state index contributed by atoms with van der Waals surface area (Å²) in [7, 11) is 5.27. The van der Waals surface area contributed by atoms with E-state index in [1.165, 1.54) is 44.9 Å². The van der Waals surface area contributed by atoms with Gasteiger partial charge in [-0.2, -0.15) is 0 Å². The Hall–Kier alpha value is -3.43. The van der Waals surface area contributed by atoms with Crippen LogP contribution in [0.2, 0.25) is 0 Å². The average Bonchev–Trinajstić information content (AvgIpc) is 3.63. The summed E-state index contributed by atoms with van der Waals surface area (Å²) >= 11 is 0. The molecule has 3 aromatic rings. The Balaban J connectivity index is 1.04. The molecule has 0 aromatic heterocycles. The third kappa shape index (κ3) is 9.26. The quantitative estimate of drug-likeness (QED) is 0.139. The second-order valence-corrected chi connectivity index (χ2v) is 14.1. The number of ether oxygens (including phenoxy) is 3. The number of primary amides is 1. The lowest BCUT2D eigenvalue weighted by Crippen LogP contribution is -2.49. The van der Waals surface area contributed by atoms with Crippen LogP contribution in [0.15, 0.2) is 78.9 Å². The number of unbranched alkanes of at least 4 members (excludes halogenated alkanes) is 4. The summed E-state index contributed by atoms with van der Waals surface area (Å²) in [5.41, 5.74) is 8.63. The van der Waals surface area contributed by atoms with Crippen LogP contribution < -0.4 is 15.2 Å². The van der Waals surface area contributed by atoms with Gasteiger partial charge in [0.2, 0.25) is 5.91 Å². The highest BCUT2D eigenvalue weighted by Gasteiger charge is 2.49. The molecule has 0 unspecified atom stereocenters. The minimum atomic E-state index is -0.814. The molecule has 0 bridgehead atoms. The fourth-order valence-corrected chi connectivity index (χ4v) is 8.53. The van der Waals surface area contributed by atoms with Crippen LogP contribution >= 0.6 is 0 Å². The van der Waals surface area contributed by atoms with Crippen molar-refractivity contribution in [2.75, 3.05) is 73.7 Å². The summed E-state index contributed by atoms with van der Waals surface area (Å²) in [6, 6.07) is 27.0. The van der Waals surface area contributed by atoms with E-state index >= 15 is 0 Å². The van der Waals surface area contributed by atoms with Crippen molar-refractivity contribution in [2.24, 2.45) is 11.7 Å². The molecule has 2 N–H and O–H groups in total. The molecular weight excluding hydrogens is 624 g/mol. The second kappa shape index (κ2) is 19.3. The Morgan fingerprint density at radius 1 is 0.740 bits per heavy atom. The van der Waals surface area contributed by atoms with Gasteiger partial charge in [0.25, 0.3) is 0 Å². The predicted molar refractivity (Wildman–Crippen MR) is 202 cm³/mol. The molecule has 8 heteroatoms. The third-order valence-corrected chi connectivity index (χ3v) is 11.2. The van der Waals surface area contributed by atoms with E-state index in [2.05, 4.69) is 39.0 Å². The summed E-state index contributed by atoms with van der Waals surface area (Å²) in [5.74, 6) is 1.70. The number of carbonyl (C=O) groups is 1. The summed E-state index contributed by atoms with van der Waals surface area (Å²) in [6.45, 7) is 8.89. The van der Waals surface area contributed by atoms with Gasteiger partial charge < -0.3 is 24.8 Å². The molecule has 2 heterocycles. The van der Waals surface area contributed by atoms with Crippen LogP contribution in [-0.4, -0.2) is 100 Å². The predicted octanol–water partition coefficient (Wildman–Crippen LogP) is 6.36.